The second-order valence-electron chi connectivity index (χ2n) is 2.68. The van der Waals surface area contributed by atoms with E-state index >= 15 is 0 Å². The van der Waals surface area contributed by atoms with Crippen molar-refractivity contribution in [3.63, 3.8) is 0 Å². The first kappa shape index (κ1) is 9.95. The van der Waals surface area contributed by atoms with E-state index in [4.69, 9.17) is 4.74 Å². The maximum absolute atomic E-state index is 9.56. The lowest BCUT2D eigenvalue weighted by molar-refractivity contribution is 0.172. The van der Waals surface area contributed by atoms with Crippen LogP contribution in [0.2, 0.25) is 0 Å². The zero-order valence-corrected chi connectivity index (χ0v) is 7.82. The van der Waals surface area contributed by atoms with Gasteiger partial charge in [-0.3, -0.25) is 0 Å². The van der Waals surface area contributed by atoms with Crippen molar-refractivity contribution in [1.82, 2.24) is 10.3 Å². The molecule has 0 aliphatic carbocycles. The monoisotopic (exact) mass is 182 g/mol. The molecule has 0 aliphatic rings. The van der Waals surface area contributed by atoms with Gasteiger partial charge >= 0.3 is 0 Å². The number of ether oxygens (including phenoxy) is 1. The zero-order chi connectivity index (χ0) is 9.68. The van der Waals surface area contributed by atoms with Crippen LogP contribution in [0.5, 0.6) is 5.88 Å². The Labute approximate surface area is 77.6 Å². The first-order valence-electron chi connectivity index (χ1n) is 4.11. The van der Waals surface area contributed by atoms with Crippen molar-refractivity contribution in [3.8, 4) is 5.88 Å². The Balaban J connectivity index is 2.75. The maximum atomic E-state index is 9.56. The second kappa shape index (κ2) is 4.79. The van der Waals surface area contributed by atoms with Crippen LogP contribution in [0.4, 0.5) is 0 Å². The minimum absolute atomic E-state index is 0.486. The molecule has 1 rings (SSSR count). The van der Waals surface area contributed by atoms with Gasteiger partial charge in [-0.15, -0.1) is 0 Å². The molecule has 4 heteroatoms. The Morgan fingerprint density at radius 1 is 1.62 bits per heavy atom. The summed E-state index contributed by atoms with van der Waals surface area (Å²) in [6.07, 6.45) is -0.583. The molecule has 1 unspecified atom stereocenters. The summed E-state index contributed by atoms with van der Waals surface area (Å²) in [4.78, 5) is 4.10. The Morgan fingerprint density at radius 3 is 3.00 bits per heavy atom. The van der Waals surface area contributed by atoms with Gasteiger partial charge in [-0.1, -0.05) is 6.07 Å². The minimum atomic E-state index is -0.583. The number of hydrogen-bond acceptors (Lipinski definition) is 4. The van der Waals surface area contributed by atoms with Crippen LogP contribution in [-0.2, 0) is 0 Å². The van der Waals surface area contributed by atoms with Crippen molar-refractivity contribution in [2.24, 2.45) is 0 Å². The van der Waals surface area contributed by atoms with Gasteiger partial charge < -0.3 is 15.2 Å². The van der Waals surface area contributed by atoms with E-state index in [9.17, 15) is 5.11 Å². The van der Waals surface area contributed by atoms with E-state index < -0.39 is 6.10 Å². The molecule has 1 heterocycles. The topological polar surface area (TPSA) is 54.4 Å². The summed E-state index contributed by atoms with van der Waals surface area (Å²) in [7, 11) is 3.33. The SMILES string of the molecule is CNCC(O)c1cccc(OC)n1. The van der Waals surface area contributed by atoms with Gasteiger partial charge in [-0.25, -0.2) is 4.98 Å². The molecule has 0 bridgehead atoms. The third-order valence-electron chi connectivity index (χ3n) is 1.69. The van der Waals surface area contributed by atoms with E-state index in [0.29, 0.717) is 18.1 Å². The summed E-state index contributed by atoms with van der Waals surface area (Å²) in [5, 5.41) is 12.4. The van der Waals surface area contributed by atoms with Gasteiger partial charge in [0.05, 0.1) is 12.8 Å². The predicted molar refractivity (Wildman–Crippen MR) is 49.7 cm³/mol. The first-order valence-corrected chi connectivity index (χ1v) is 4.11. The molecule has 1 atom stereocenters. The first-order chi connectivity index (χ1) is 6.27. The summed E-state index contributed by atoms with van der Waals surface area (Å²) in [5.74, 6) is 0.521. The standard InChI is InChI=1S/C9H14N2O2/c1-10-6-8(12)7-4-3-5-9(11-7)13-2/h3-5,8,10,12H,6H2,1-2H3. The number of pyridine rings is 1. The summed E-state index contributed by atoms with van der Waals surface area (Å²) >= 11 is 0. The van der Waals surface area contributed by atoms with Crippen molar-refractivity contribution < 1.29 is 9.84 Å². The Hall–Kier alpha value is -1.13. The van der Waals surface area contributed by atoms with Crippen LogP contribution in [0.3, 0.4) is 0 Å². The summed E-state index contributed by atoms with van der Waals surface area (Å²) in [6, 6.07) is 5.32. The summed E-state index contributed by atoms with van der Waals surface area (Å²) < 4.78 is 4.94. The van der Waals surface area contributed by atoms with Gasteiger partial charge in [-0.05, 0) is 13.1 Å². The molecule has 0 amide bonds. The van der Waals surface area contributed by atoms with E-state index in [1.165, 1.54) is 0 Å². The number of nitrogens with zero attached hydrogens (tertiary/aromatic N) is 1. The fraction of sp³-hybridized carbons (Fsp3) is 0.444. The smallest absolute Gasteiger partial charge is 0.213 e. The molecular weight excluding hydrogens is 168 g/mol. The molecule has 0 spiro atoms. The lowest BCUT2D eigenvalue weighted by atomic mass is 10.2. The zero-order valence-electron chi connectivity index (χ0n) is 7.82. The van der Waals surface area contributed by atoms with Crippen molar-refractivity contribution in [2.75, 3.05) is 20.7 Å². The molecule has 13 heavy (non-hydrogen) atoms. The Kier molecular flexibility index (Phi) is 3.67. The van der Waals surface area contributed by atoms with Crippen molar-refractivity contribution in [1.29, 1.82) is 0 Å². The van der Waals surface area contributed by atoms with Crippen LogP contribution in [0, 0.1) is 0 Å². The summed E-state index contributed by atoms with van der Waals surface area (Å²) in [5.41, 5.74) is 0.619. The third-order valence-corrected chi connectivity index (χ3v) is 1.69. The normalized spacial score (nSPS) is 12.5. The highest BCUT2D eigenvalue weighted by molar-refractivity contribution is 5.17. The number of methoxy groups -OCH3 is 1. The number of aliphatic hydroxyl groups excluding tert-OH is 1. The second-order valence-corrected chi connectivity index (χ2v) is 2.68. The highest BCUT2D eigenvalue weighted by Crippen LogP contribution is 2.13. The molecule has 2 N–H and O–H groups in total. The van der Waals surface area contributed by atoms with E-state index in [1.807, 2.05) is 0 Å². The van der Waals surface area contributed by atoms with Crippen molar-refractivity contribution in [2.45, 2.75) is 6.10 Å². The van der Waals surface area contributed by atoms with Gasteiger partial charge in [0.2, 0.25) is 5.88 Å². The fourth-order valence-electron chi connectivity index (χ4n) is 1.03. The molecule has 1 aromatic rings. The van der Waals surface area contributed by atoms with E-state index in [0.717, 1.165) is 0 Å². The van der Waals surface area contributed by atoms with Gasteiger partial charge in [0, 0.05) is 12.6 Å². The number of hydrogen-bond donors (Lipinski definition) is 2. The third kappa shape index (κ3) is 2.68. The minimum Gasteiger partial charge on any atom is -0.481 e. The molecule has 0 radical (unpaired) electrons. The van der Waals surface area contributed by atoms with Crippen LogP contribution < -0.4 is 10.1 Å². The molecule has 72 valence electrons. The van der Waals surface area contributed by atoms with Gasteiger partial charge in [-0.2, -0.15) is 0 Å². The van der Waals surface area contributed by atoms with Crippen LogP contribution in [0.1, 0.15) is 11.8 Å². The van der Waals surface area contributed by atoms with Crippen molar-refractivity contribution in [3.05, 3.63) is 23.9 Å². The quantitative estimate of drug-likeness (QED) is 0.705. The molecule has 1 aromatic heterocycles. The highest BCUT2D eigenvalue weighted by atomic mass is 16.5. The lowest BCUT2D eigenvalue weighted by Crippen LogP contribution is -2.17. The molecule has 0 fully saturated rings. The number of aromatic nitrogens is 1. The van der Waals surface area contributed by atoms with Gasteiger partial charge in [0.15, 0.2) is 0 Å². The van der Waals surface area contributed by atoms with Crippen molar-refractivity contribution >= 4 is 0 Å². The molecular formula is C9H14N2O2. The Morgan fingerprint density at radius 2 is 2.38 bits per heavy atom. The van der Waals surface area contributed by atoms with Crippen LogP contribution in [0.25, 0.3) is 0 Å². The number of likely N-dealkylation sites (N-methyl/N-ethyl adjacent to an activating group) is 1. The van der Waals surface area contributed by atoms with Gasteiger partial charge in [0.25, 0.3) is 0 Å². The lowest BCUT2D eigenvalue weighted by Gasteiger charge is -2.09. The molecule has 0 saturated heterocycles. The predicted octanol–water partition coefficient (Wildman–Crippen LogP) is 0.343. The number of nitrogens with one attached hydrogen (secondary N) is 1. The van der Waals surface area contributed by atoms with Crippen LogP contribution in [0.15, 0.2) is 18.2 Å². The number of aliphatic hydroxyl groups is 1. The molecule has 0 saturated carbocycles. The summed E-state index contributed by atoms with van der Waals surface area (Å²) in [6.45, 7) is 0.486. The average Bonchev–Trinajstić information content (AvgIpc) is 2.18. The van der Waals surface area contributed by atoms with Gasteiger partial charge in [0.1, 0.15) is 6.10 Å². The fourth-order valence-corrected chi connectivity index (χ4v) is 1.03. The van der Waals surface area contributed by atoms with E-state index in [1.54, 1.807) is 32.4 Å². The molecule has 0 aliphatic heterocycles. The Bertz CT molecular complexity index is 266. The highest BCUT2D eigenvalue weighted by Gasteiger charge is 2.07. The largest absolute Gasteiger partial charge is 0.481 e. The van der Waals surface area contributed by atoms with Crippen LogP contribution in [-0.4, -0.2) is 30.8 Å². The maximum Gasteiger partial charge on any atom is 0.213 e. The van der Waals surface area contributed by atoms with Crippen LogP contribution >= 0.6 is 0 Å². The molecule has 0 aromatic carbocycles. The van der Waals surface area contributed by atoms with E-state index in [-0.39, 0.29) is 0 Å². The molecule has 4 nitrogen and oxygen atoms in total. The van der Waals surface area contributed by atoms with E-state index in [2.05, 4.69) is 10.3 Å². The number of rotatable bonds is 4. The average molecular weight is 182 g/mol.